The van der Waals surface area contributed by atoms with Gasteiger partial charge in [-0.2, -0.15) is 0 Å². The third-order valence-electron chi connectivity index (χ3n) is 5.67. The van der Waals surface area contributed by atoms with E-state index in [1.54, 1.807) is 0 Å². The summed E-state index contributed by atoms with van der Waals surface area (Å²) in [6, 6.07) is 8.99. The molecule has 4 rings (SSSR count). The van der Waals surface area contributed by atoms with Gasteiger partial charge in [-0.1, -0.05) is 44.0 Å². The molecule has 2 aromatic rings. The number of benzene rings is 1. The van der Waals surface area contributed by atoms with E-state index in [1.165, 1.54) is 42.5 Å². The molecule has 1 aromatic carbocycles. The lowest BCUT2D eigenvalue weighted by molar-refractivity contribution is 0.267. The molecule has 0 amide bonds. The number of fused-ring (bicyclic) bond motifs is 2. The van der Waals surface area contributed by atoms with Gasteiger partial charge in [-0.3, -0.25) is 0 Å². The Labute approximate surface area is 133 Å². The first-order chi connectivity index (χ1) is 10.7. The zero-order chi connectivity index (χ0) is 15.1. The van der Waals surface area contributed by atoms with Crippen molar-refractivity contribution in [3.63, 3.8) is 0 Å². The summed E-state index contributed by atoms with van der Waals surface area (Å²) in [5.74, 6) is 4.02. The van der Waals surface area contributed by atoms with Crippen molar-refractivity contribution in [2.75, 3.05) is 0 Å². The number of nitrogens with zero attached hydrogens (tertiary/aromatic N) is 1. The van der Waals surface area contributed by atoms with E-state index >= 15 is 0 Å². The molecule has 1 aromatic heterocycles. The molecule has 2 aliphatic carbocycles. The maximum Gasteiger partial charge on any atom is 0.191 e. The van der Waals surface area contributed by atoms with Gasteiger partial charge in [0.2, 0.25) is 0 Å². The van der Waals surface area contributed by atoms with Crippen LogP contribution in [-0.2, 0) is 12.8 Å². The van der Waals surface area contributed by atoms with Gasteiger partial charge in [0.25, 0.3) is 0 Å². The smallest absolute Gasteiger partial charge is 0.191 e. The summed E-state index contributed by atoms with van der Waals surface area (Å²) in [6.07, 6.45) is 7.44. The molecule has 1 unspecified atom stereocenters. The normalized spacial score (nSPS) is 27.8. The van der Waals surface area contributed by atoms with Gasteiger partial charge in [0, 0.05) is 19.3 Å². The maximum atomic E-state index is 5.95. The number of rotatable bonds is 1. The Morgan fingerprint density at radius 2 is 1.82 bits per heavy atom. The first-order valence-electron chi connectivity index (χ1n) is 8.76. The molecular weight excluding hydrogens is 270 g/mol. The summed E-state index contributed by atoms with van der Waals surface area (Å²) >= 11 is 0. The van der Waals surface area contributed by atoms with Gasteiger partial charge in [-0.15, -0.1) is 0 Å². The zero-order valence-electron chi connectivity index (χ0n) is 13.6. The van der Waals surface area contributed by atoms with Crippen molar-refractivity contribution in [3.8, 4) is 0 Å². The fourth-order valence-electron chi connectivity index (χ4n) is 4.46. The topological polar surface area (TPSA) is 26.0 Å². The monoisotopic (exact) mass is 295 g/mol. The predicted octanol–water partition coefficient (Wildman–Crippen LogP) is 5.04. The minimum absolute atomic E-state index is 0.443. The number of aromatic nitrogens is 1. The van der Waals surface area contributed by atoms with Gasteiger partial charge < -0.3 is 4.42 Å². The third-order valence-corrected chi connectivity index (χ3v) is 5.67. The van der Waals surface area contributed by atoms with E-state index < -0.39 is 0 Å². The van der Waals surface area contributed by atoms with Crippen molar-refractivity contribution in [1.82, 2.24) is 4.98 Å². The van der Waals surface area contributed by atoms with Crippen molar-refractivity contribution < 1.29 is 4.42 Å². The van der Waals surface area contributed by atoms with E-state index in [0.717, 1.165) is 36.3 Å². The quantitative estimate of drug-likeness (QED) is 0.736. The highest BCUT2D eigenvalue weighted by molar-refractivity contribution is 5.40. The number of hydrogen-bond donors (Lipinski definition) is 0. The molecule has 0 spiro atoms. The summed E-state index contributed by atoms with van der Waals surface area (Å²) in [7, 11) is 0. The Hall–Kier alpha value is -1.57. The van der Waals surface area contributed by atoms with E-state index in [-0.39, 0.29) is 0 Å². The first kappa shape index (κ1) is 14.0. The van der Waals surface area contributed by atoms with Crippen LogP contribution in [0.4, 0.5) is 0 Å². The lowest BCUT2D eigenvalue weighted by Gasteiger charge is -2.32. The molecule has 0 aliphatic heterocycles. The Morgan fingerprint density at radius 1 is 1.05 bits per heavy atom. The molecule has 2 aliphatic rings. The highest BCUT2D eigenvalue weighted by Crippen LogP contribution is 2.45. The Morgan fingerprint density at radius 3 is 2.64 bits per heavy atom. The van der Waals surface area contributed by atoms with Crippen LogP contribution in [-0.4, -0.2) is 4.98 Å². The average molecular weight is 295 g/mol. The lowest BCUT2D eigenvalue weighted by Crippen LogP contribution is -2.21. The molecule has 0 radical (unpaired) electrons. The Balaban J connectivity index is 1.80. The molecule has 0 N–H and O–H groups in total. The van der Waals surface area contributed by atoms with Crippen LogP contribution in [0, 0.1) is 18.8 Å². The van der Waals surface area contributed by atoms with Crippen LogP contribution in [0.25, 0.3) is 0 Å². The predicted molar refractivity (Wildman–Crippen MR) is 88.1 cm³/mol. The maximum absolute atomic E-state index is 5.95. The van der Waals surface area contributed by atoms with E-state index in [2.05, 4.69) is 31.2 Å². The average Bonchev–Trinajstić information content (AvgIpc) is 2.82. The molecule has 116 valence electrons. The Bertz CT molecular complexity index is 664. The van der Waals surface area contributed by atoms with Gasteiger partial charge in [-0.25, -0.2) is 4.98 Å². The summed E-state index contributed by atoms with van der Waals surface area (Å²) in [5.41, 5.74) is 4.24. The van der Waals surface area contributed by atoms with Crippen LogP contribution < -0.4 is 0 Å². The van der Waals surface area contributed by atoms with Gasteiger partial charge in [-0.05, 0) is 42.2 Å². The standard InChI is InChI=1S/C20H25NO/c1-13-7-9-16(10-8-13)19-17-6-4-3-5-15(17)11-12-18-20(19)21-14(2)22-18/h3-6,13,16,19H,7-12H2,1-2H3. The number of oxazole rings is 1. The second-order valence-corrected chi connectivity index (χ2v) is 7.24. The van der Waals surface area contributed by atoms with Crippen molar-refractivity contribution in [1.29, 1.82) is 0 Å². The van der Waals surface area contributed by atoms with E-state index in [4.69, 9.17) is 9.40 Å². The minimum Gasteiger partial charge on any atom is -0.446 e. The molecular formula is C20H25NO. The number of aryl methyl sites for hydroxylation is 3. The van der Waals surface area contributed by atoms with Gasteiger partial charge in [0.1, 0.15) is 5.76 Å². The molecule has 0 bridgehead atoms. The summed E-state index contributed by atoms with van der Waals surface area (Å²) in [5, 5.41) is 0. The minimum atomic E-state index is 0.443. The largest absolute Gasteiger partial charge is 0.446 e. The molecule has 22 heavy (non-hydrogen) atoms. The molecule has 2 nitrogen and oxygen atoms in total. The Kier molecular flexibility index (Phi) is 3.56. The van der Waals surface area contributed by atoms with Crippen LogP contribution in [0.15, 0.2) is 28.7 Å². The second-order valence-electron chi connectivity index (χ2n) is 7.24. The van der Waals surface area contributed by atoms with Gasteiger partial charge in [0.05, 0.1) is 5.69 Å². The van der Waals surface area contributed by atoms with Crippen molar-refractivity contribution in [2.24, 2.45) is 11.8 Å². The molecule has 1 saturated carbocycles. The van der Waals surface area contributed by atoms with Crippen molar-refractivity contribution >= 4 is 0 Å². The highest BCUT2D eigenvalue weighted by atomic mass is 16.4. The molecule has 1 atom stereocenters. The van der Waals surface area contributed by atoms with Crippen molar-refractivity contribution in [2.45, 2.75) is 58.3 Å². The third kappa shape index (κ3) is 2.39. The summed E-state index contributed by atoms with van der Waals surface area (Å²) < 4.78 is 5.95. The SMILES string of the molecule is Cc1nc2c(o1)CCc1ccccc1C2C1CCC(C)CC1. The van der Waals surface area contributed by atoms with Gasteiger partial charge >= 0.3 is 0 Å². The van der Waals surface area contributed by atoms with Crippen LogP contribution in [0.5, 0.6) is 0 Å². The van der Waals surface area contributed by atoms with Crippen LogP contribution in [0.2, 0.25) is 0 Å². The van der Waals surface area contributed by atoms with Crippen LogP contribution in [0.3, 0.4) is 0 Å². The summed E-state index contributed by atoms with van der Waals surface area (Å²) in [6.45, 7) is 4.38. The van der Waals surface area contributed by atoms with E-state index in [0.29, 0.717) is 5.92 Å². The van der Waals surface area contributed by atoms with Crippen LogP contribution >= 0.6 is 0 Å². The summed E-state index contributed by atoms with van der Waals surface area (Å²) in [4.78, 5) is 4.82. The van der Waals surface area contributed by atoms with Crippen molar-refractivity contribution in [3.05, 3.63) is 52.7 Å². The molecule has 2 heteroatoms. The lowest BCUT2D eigenvalue weighted by atomic mass is 9.72. The van der Waals surface area contributed by atoms with E-state index in [1.807, 2.05) is 6.92 Å². The second kappa shape index (κ2) is 5.57. The van der Waals surface area contributed by atoms with Crippen LogP contribution in [0.1, 0.15) is 67.0 Å². The highest BCUT2D eigenvalue weighted by Gasteiger charge is 2.35. The first-order valence-corrected chi connectivity index (χ1v) is 8.76. The molecule has 1 heterocycles. The zero-order valence-corrected chi connectivity index (χ0v) is 13.6. The fourth-order valence-corrected chi connectivity index (χ4v) is 4.46. The molecule has 0 saturated heterocycles. The molecule has 1 fully saturated rings. The van der Waals surface area contributed by atoms with Gasteiger partial charge in [0.15, 0.2) is 5.89 Å². The van der Waals surface area contributed by atoms with E-state index in [9.17, 15) is 0 Å². The number of hydrogen-bond acceptors (Lipinski definition) is 2. The fraction of sp³-hybridized carbons (Fsp3) is 0.550.